The molecule has 0 bridgehead atoms. The smallest absolute Gasteiger partial charge is 0.273 e. The van der Waals surface area contributed by atoms with E-state index >= 15 is 0 Å². The number of piperazine rings is 1. The van der Waals surface area contributed by atoms with Crippen LogP contribution < -0.4 is 5.32 Å². The van der Waals surface area contributed by atoms with E-state index in [1.165, 1.54) is 29.4 Å². The molecule has 0 amide bonds. The molecule has 2 atom stereocenters. The van der Waals surface area contributed by atoms with Gasteiger partial charge in [0.05, 0.1) is 9.82 Å². The molecule has 1 fully saturated rings. The van der Waals surface area contributed by atoms with Crippen LogP contribution in [0.2, 0.25) is 0 Å². The predicted octanol–water partition coefficient (Wildman–Crippen LogP) is 1.70. The molecule has 2 rings (SSSR count). The lowest BCUT2D eigenvalue weighted by Gasteiger charge is -2.37. The molecule has 1 aliphatic heterocycles. The van der Waals surface area contributed by atoms with Gasteiger partial charge in [-0.25, -0.2) is 8.42 Å². The molecule has 2 unspecified atom stereocenters. The Morgan fingerprint density at radius 2 is 2.00 bits per heavy atom. The number of nitrogens with zero attached hydrogens (tertiary/aromatic N) is 2. The van der Waals surface area contributed by atoms with E-state index in [0.29, 0.717) is 13.1 Å². The van der Waals surface area contributed by atoms with Crippen molar-refractivity contribution < 1.29 is 13.3 Å². The first kappa shape index (κ1) is 18.8. The molecule has 0 radical (unpaired) electrons. The fraction of sp³-hybridized carbons (Fsp3) is 0.538. The summed E-state index contributed by atoms with van der Waals surface area (Å²) in [5, 5.41) is 14.2. The number of nitro groups is 1. The van der Waals surface area contributed by atoms with Gasteiger partial charge in [-0.05, 0) is 26.8 Å². The number of hydrogen-bond donors (Lipinski definition) is 1. The van der Waals surface area contributed by atoms with Crippen molar-refractivity contribution >= 4 is 28.1 Å². The molecular weight excluding hydrogens is 330 g/mol. The Morgan fingerprint density at radius 1 is 1.36 bits per heavy atom. The van der Waals surface area contributed by atoms with Gasteiger partial charge in [0.2, 0.25) is 10.0 Å². The first-order valence-corrected chi connectivity index (χ1v) is 8.20. The normalized spacial score (nSPS) is 22.9. The third kappa shape index (κ3) is 3.24. The largest absolute Gasteiger partial charge is 0.311 e. The number of sulfonamides is 1. The summed E-state index contributed by atoms with van der Waals surface area (Å²) in [5.41, 5.74) is 0.00722. The van der Waals surface area contributed by atoms with Gasteiger partial charge in [0.15, 0.2) is 0 Å². The van der Waals surface area contributed by atoms with Crippen LogP contribution in [0.4, 0.5) is 5.69 Å². The zero-order chi connectivity index (χ0) is 15.8. The maximum absolute atomic E-state index is 12.8. The van der Waals surface area contributed by atoms with E-state index in [1.54, 1.807) is 0 Å². The second-order valence-corrected chi connectivity index (χ2v) is 7.12. The molecule has 1 saturated heterocycles. The number of nitrogens with one attached hydrogen (secondary N) is 1. The van der Waals surface area contributed by atoms with Crippen molar-refractivity contribution in [3.05, 3.63) is 33.9 Å². The van der Waals surface area contributed by atoms with E-state index in [4.69, 9.17) is 0 Å². The SMILES string of the molecule is Cc1c([N+](=O)[O-])cccc1S(=O)(=O)N1CCNC(C)C1C.Cl. The van der Waals surface area contributed by atoms with Gasteiger partial charge in [0, 0.05) is 36.8 Å². The highest BCUT2D eigenvalue weighted by molar-refractivity contribution is 7.89. The summed E-state index contributed by atoms with van der Waals surface area (Å²) in [7, 11) is -3.74. The van der Waals surface area contributed by atoms with Crippen LogP contribution in [0.5, 0.6) is 0 Å². The average Bonchev–Trinajstić information content (AvgIpc) is 2.41. The zero-order valence-electron chi connectivity index (χ0n) is 12.6. The first-order chi connectivity index (χ1) is 9.76. The van der Waals surface area contributed by atoms with Gasteiger partial charge in [-0.15, -0.1) is 12.4 Å². The van der Waals surface area contributed by atoms with E-state index in [0.717, 1.165) is 0 Å². The van der Waals surface area contributed by atoms with E-state index in [2.05, 4.69) is 5.32 Å². The molecule has 1 heterocycles. The van der Waals surface area contributed by atoms with Crippen molar-refractivity contribution in [3.63, 3.8) is 0 Å². The molecule has 1 N–H and O–H groups in total. The topological polar surface area (TPSA) is 92.5 Å². The van der Waals surface area contributed by atoms with Gasteiger partial charge in [-0.3, -0.25) is 10.1 Å². The average molecular weight is 350 g/mol. The van der Waals surface area contributed by atoms with Gasteiger partial charge in [-0.2, -0.15) is 4.31 Å². The zero-order valence-corrected chi connectivity index (χ0v) is 14.3. The molecule has 0 spiro atoms. The van der Waals surface area contributed by atoms with Crippen LogP contribution in [0, 0.1) is 17.0 Å². The van der Waals surface area contributed by atoms with Crippen LogP contribution in [0.15, 0.2) is 23.1 Å². The van der Waals surface area contributed by atoms with Crippen molar-refractivity contribution in [1.29, 1.82) is 0 Å². The van der Waals surface area contributed by atoms with E-state index in [9.17, 15) is 18.5 Å². The Morgan fingerprint density at radius 3 is 2.59 bits per heavy atom. The Bertz CT molecular complexity index is 665. The van der Waals surface area contributed by atoms with Crippen LogP contribution in [-0.4, -0.2) is 42.8 Å². The van der Waals surface area contributed by atoms with Gasteiger partial charge >= 0.3 is 0 Å². The van der Waals surface area contributed by atoms with E-state index < -0.39 is 14.9 Å². The monoisotopic (exact) mass is 349 g/mol. The van der Waals surface area contributed by atoms with Crippen LogP contribution >= 0.6 is 12.4 Å². The summed E-state index contributed by atoms with van der Waals surface area (Å²) in [6.07, 6.45) is 0. The summed E-state index contributed by atoms with van der Waals surface area (Å²) in [4.78, 5) is 10.4. The standard InChI is InChI=1S/C13H19N3O4S.ClH/c1-9-12(16(17)18)5-4-6-13(9)21(19,20)15-8-7-14-10(2)11(15)3;/h4-6,10-11,14H,7-8H2,1-3H3;1H. The fourth-order valence-corrected chi connectivity index (χ4v) is 4.52. The number of halogens is 1. The highest BCUT2D eigenvalue weighted by Gasteiger charge is 2.36. The minimum atomic E-state index is -3.74. The summed E-state index contributed by atoms with van der Waals surface area (Å²) >= 11 is 0. The molecule has 1 aromatic carbocycles. The lowest BCUT2D eigenvalue weighted by molar-refractivity contribution is -0.385. The molecule has 124 valence electrons. The van der Waals surface area contributed by atoms with Crippen molar-refractivity contribution in [2.45, 2.75) is 37.8 Å². The van der Waals surface area contributed by atoms with Gasteiger partial charge in [-0.1, -0.05) is 6.07 Å². The minimum Gasteiger partial charge on any atom is -0.311 e. The van der Waals surface area contributed by atoms with Crippen molar-refractivity contribution in [3.8, 4) is 0 Å². The Labute approximate surface area is 136 Å². The summed E-state index contributed by atoms with van der Waals surface area (Å²) < 4.78 is 27.0. The quantitative estimate of drug-likeness (QED) is 0.662. The van der Waals surface area contributed by atoms with E-state index in [1.807, 2.05) is 13.8 Å². The minimum absolute atomic E-state index is 0. The van der Waals surface area contributed by atoms with Gasteiger partial charge < -0.3 is 5.32 Å². The summed E-state index contributed by atoms with van der Waals surface area (Å²) in [6.45, 7) is 6.16. The lowest BCUT2D eigenvalue weighted by atomic mass is 10.1. The van der Waals surface area contributed by atoms with Crippen LogP contribution in [0.1, 0.15) is 19.4 Å². The molecular formula is C13H20ClN3O4S. The molecule has 0 saturated carbocycles. The van der Waals surface area contributed by atoms with E-state index in [-0.39, 0.29) is 40.6 Å². The van der Waals surface area contributed by atoms with Crippen LogP contribution in [-0.2, 0) is 10.0 Å². The van der Waals surface area contributed by atoms with Crippen molar-refractivity contribution in [2.75, 3.05) is 13.1 Å². The van der Waals surface area contributed by atoms with Crippen molar-refractivity contribution in [2.24, 2.45) is 0 Å². The number of nitro benzene ring substituents is 1. The molecule has 7 nitrogen and oxygen atoms in total. The van der Waals surface area contributed by atoms with Crippen molar-refractivity contribution in [1.82, 2.24) is 9.62 Å². The Hall–Kier alpha value is -1.22. The lowest BCUT2D eigenvalue weighted by Crippen LogP contribution is -2.57. The Kier molecular flexibility index (Phi) is 5.91. The number of hydrogen-bond acceptors (Lipinski definition) is 5. The maximum atomic E-state index is 12.8. The summed E-state index contributed by atoms with van der Waals surface area (Å²) in [5.74, 6) is 0. The third-order valence-electron chi connectivity index (χ3n) is 4.02. The first-order valence-electron chi connectivity index (χ1n) is 6.76. The predicted molar refractivity (Wildman–Crippen MR) is 85.9 cm³/mol. The fourth-order valence-electron chi connectivity index (χ4n) is 2.57. The van der Waals surface area contributed by atoms with Crippen LogP contribution in [0.25, 0.3) is 0 Å². The van der Waals surface area contributed by atoms with Crippen LogP contribution in [0.3, 0.4) is 0 Å². The molecule has 0 aromatic heterocycles. The third-order valence-corrected chi connectivity index (χ3v) is 6.15. The highest BCUT2D eigenvalue weighted by atomic mass is 35.5. The molecule has 1 aromatic rings. The second-order valence-electron chi connectivity index (χ2n) is 5.26. The molecule has 0 aliphatic carbocycles. The molecule has 1 aliphatic rings. The summed E-state index contributed by atoms with van der Waals surface area (Å²) in [6, 6.07) is 3.98. The Balaban J connectivity index is 0.00000242. The number of benzene rings is 1. The highest BCUT2D eigenvalue weighted by Crippen LogP contribution is 2.29. The number of rotatable bonds is 3. The molecule has 22 heavy (non-hydrogen) atoms. The second kappa shape index (κ2) is 6.91. The maximum Gasteiger partial charge on any atom is 0.273 e. The molecule has 9 heteroatoms. The van der Waals surface area contributed by atoms with Gasteiger partial charge in [0.1, 0.15) is 0 Å². The van der Waals surface area contributed by atoms with Gasteiger partial charge in [0.25, 0.3) is 5.69 Å².